The number of aromatic nitrogens is 1. The number of carbonyl (C=O) groups is 1. The number of hydrogen-bond acceptors (Lipinski definition) is 5. The molecule has 7 heteroatoms. The first-order valence-corrected chi connectivity index (χ1v) is 11.6. The molecule has 0 N–H and O–H groups in total. The van der Waals surface area contributed by atoms with E-state index in [4.69, 9.17) is 9.47 Å². The van der Waals surface area contributed by atoms with Crippen LogP contribution in [0.1, 0.15) is 10.4 Å². The lowest BCUT2D eigenvalue weighted by molar-refractivity contribution is 0.0748. The summed E-state index contributed by atoms with van der Waals surface area (Å²) >= 11 is 0. The highest BCUT2D eigenvalue weighted by Crippen LogP contribution is 2.24. The third-order valence-corrected chi connectivity index (χ3v) is 6.51. The molecule has 2 heterocycles. The molecule has 0 aliphatic carbocycles. The van der Waals surface area contributed by atoms with E-state index >= 15 is 0 Å². The van der Waals surface area contributed by atoms with Crippen LogP contribution in [0.5, 0.6) is 11.5 Å². The van der Waals surface area contributed by atoms with Gasteiger partial charge in [0.15, 0.2) is 0 Å². The molecule has 1 aliphatic rings. The van der Waals surface area contributed by atoms with E-state index in [-0.39, 0.29) is 11.5 Å². The maximum absolute atomic E-state index is 13.7. The van der Waals surface area contributed by atoms with Crippen LogP contribution < -0.4 is 19.9 Å². The van der Waals surface area contributed by atoms with Gasteiger partial charge in [0.2, 0.25) is 0 Å². The van der Waals surface area contributed by atoms with E-state index in [1.54, 1.807) is 43.2 Å². The number of pyridine rings is 1. The van der Waals surface area contributed by atoms with E-state index in [0.717, 1.165) is 24.5 Å². The summed E-state index contributed by atoms with van der Waals surface area (Å²) in [7, 11) is 3.25. The van der Waals surface area contributed by atoms with Crippen molar-refractivity contribution in [3.8, 4) is 17.2 Å². The van der Waals surface area contributed by atoms with E-state index in [1.165, 1.54) is 0 Å². The van der Waals surface area contributed by atoms with Gasteiger partial charge in [0.25, 0.3) is 11.5 Å². The highest BCUT2D eigenvalue weighted by molar-refractivity contribution is 6.06. The largest absolute Gasteiger partial charge is 0.497 e. The molecule has 1 aromatic heterocycles. The smallest absolute Gasteiger partial charge is 0.262 e. The number of benzene rings is 3. The summed E-state index contributed by atoms with van der Waals surface area (Å²) in [6.45, 7) is 2.66. The molecule has 7 nitrogen and oxygen atoms in total. The Morgan fingerprint density at radius 2 is 1.26 bits per heavy atom. The Labute approximate surface area is 203 Å². The predicted octanol–water partition coefficient (Wildman–Crippen LogP) is 3.97. The zero-order valence-electron chi connectivity index (χ0n) is 19.8. The standard InChI is InChI=1S/C28H27N3O4/c1-34-22-11-7-20(8-12-22)29-15-17-30(18-16-29)27(32)26-19-31(21-9-13-23(35-2)14-10-21)28(33)25-6-4-3-5-24(25)26/h3-14,19H,15-18H2,1-2H3. The number of amides is 1. The first-order chi connectivity index (χ1) is 17.1. The molecule has 178 valence electrons. The molecule has 35 heavy (non-hydrogen) atoms. The molecule has 5 rings (SSSR count). The molecule has 0 atom stereocenters. The quantitative estimate of drug-likeness (QED) is 0.443. The summed E-state index contributed by atoms with van der Waals surface area (Å²) in [5, 5.41) is 1.19. The van der Waals surface area contributed by atoms with Crippen LogP contribution in [-0.4, -0.2) is 55.8 Å². The molecule has 0 saturated carbocycles. The summed E-state index contributed by atoms with van der Waals surface area (Å²) in [4.78, 5) is 31.1. The van der Waals surface area contributed by atoms with Crippen molar-refractivity contribution < 1.29 is 14.3 Å². The number of hydrogen-bond donors (Lipinski definition) is 0. The first kappa shape index (κ1) is 22.5. The lowest BCUT2D eigenvalue weighted by atomic mass is 10.1. The van der Waals surface area contributed by atoms with Gasteiger partial charge in [-0.3, -0.25) is 14.2 Å². The summed E-state index contributed by atoms with van der Waals surface area (Å²) in [5.41, 5.74) is 2.15. The molecular formula is C28H27N3O4. The second-order valence-electron chi connectivity index (χ2n) is 8.44. The average Bonchev–Trinajstić information content (AvgIpc) is 2.93. The second kappa shape index (κ2) is 9.54. The van der Waals surface area contributed by atoms with Gasteiger partial charge < -0.3 is 19.3 Å². The molecule has 4 aromatic rings. The van der Waals surface area contributed by atoms with Crippen LogP contribution in [0.3, 0.4) is 0 Å². The Balaban J connectivity index is 1.44. The molecule has 1 fully saturated rings. The monoisotopic (exact) mass is 469 g/mol. The maximum Gasteiger partial charge on any atom is 0.262 e. The van der Waals surface area contributed by atoms with Gasteiger partial charge in [-0.25, -0.2) is 0 Å². The fraction of sp³-hybridized carbons (Fsp3) is 0.214. The molecule has 0 spiro atoms. The molecule has 1 aliphatic heterocycles. The Bertz CT molecular complexity index is 1400. The third-order valence-electron chi connectivity index (χ3n) is 6.51. The lowest BCUT2D eigenvalue weighted by Crippen LogP contribution is -2.49. The normalized spacial score (nSPS) is 13.7. The first-order valence-electron chi connectivity index (χ1n) is 11.6. The number of ether oxygens (including phenoxy) is 2. The van der Waals surface area contributed by atoms with E-state index in [9.17, 15) is 9.59 Å². The summed E-state index contributed by atoms with van der Waals surface area (Å²) in [6.07, 6.45) is 1.67. The molecule has 0 radical (unpaired) electrons. The Kier molecular flexibility index (Phi) is 6.14. The van der Waals surface area contributed by atoms with Crippen LogP contribution in [0.4, 0.5) is 5.69 Å². The Morgan fingerprint density at radius 3 is 1.83 bits per heavy atom. The lowest BCUT2D eigenvalue weighted by Gasteiger charge is -2.36. The van der Waals surface area contributed by atoms with Crippen molar-refractivity contribution in [3.05, 3.63) is 94.9 Å². The van der Waals surface area contributed by atoms with Crippen molar-refractivity contribution >= 4 is 22.4 Å². The van der Waals surface area contributed by atoms with Crippen LogP contribution in [0.25, 0.3) is 16.5 Å². The van der Waals surface area contributed by atoms with Crippen LogP contribution in [0.15, 0.2) is 83.8 Å². The Morgan fingerprint density at radius 1 is 0.714 bits per heavy atom. The van der Waals surface area contributed by atoms with Gasteiger partial charge in [-0.2, -0.15) is 0 Å². The van der Waals surface area contributed by atoms with Crippen LogP contribution >= 0.6 is 0 Å². The predicted molar refractivity (Wildman–Crippen MR) is 137 cm³/mol. The number of nitrogens with zero attached hydrogens (tertiary/aromatic N) is 3. The van der Waals surface area contributed by atoms with Gasteiger partial charge in [0.05, 0.1) is 19.8 Å². The number of rotatable bonds is 5. The minimum Gasteiger partial charge on any atom is -0.497 e. The Hall–Kier alpha value is -4.26. The molecule has 1 saturated heterocycles. The van der Waals surface area contributed by atoms with Gasteiger partial charge >= 0.3 is 0 Å². The van der Waals surface area contributed by atoms with E-state index in [1.807, 2.05) is 59.5 Å². The van der Waals surface area contributed by atoms with Crippen molar-refractivity contribution in [3.63, 3.8) is 0 Å². The topological polar surface area (TPSA) is 64.0 Å². The molecular weight excluding hydrogens is 442 g/mol. The highest BCUT2D eigenvalue weighted by atomic mass is 16.5. The molecule has 0 bridgehead atoms. The van der Waals surface area contributed by atoms with Crippen molar-refractivity contribution in [2.75, 3.05) is 45.3 Å². The van der Waals surface area contributed by atoms with Crippen molar-refractivity contribution in [2.45, 2.75) is 0 Å². The molecule has 0 unspecified atom stereocenters. The highest BCUT2D eigenvalue weighted by Gasteiger charge is 2.25. The average molecular weight is 470 g/mol. The fourth-order valence-corrected chi connectivity index (χ4v) is 4.53. The van der Waals surface area contributed by atoms with Crippen molar-refractivity contribution in [1.82, 2.24) is 9.47 Å². The SMILES string of the molecule is COc1ccc(N2CCN(C(=O)c3cn(-c4ccc(OC)cc4)c(=O)c4ccccc34)CC2)cc1. The zero-order chi connectivity index (χ0) is 24.4. The third kappa shape index (κ3) is 4.33. The van der Waals surface area contributed by atoms with Gasteiger partial charge in [0.1, 0.15) is 11.5 Å². The van der Waals surface area contributed by atoms with Crippen molar-refractivity contribution in [2.24, 2.45) is 0 Å². The number of anilines is 1. The fourth-order valence-electron chi connectivity index (χ4n) is 4.53. The summed E-state index contributed by atoms with van der Waals surface area (Å²) in [5.74, 6) is 1.45. The molecule has 3 aromatic carbocycles. The number of piperazine rings is 1. The van der Waals surface area contributed by atoms with Crippen LogP contribution in [0, 0.1) is 0 Å². The van der Waals surface area contributed by atoms with Crippen LogP contribution in [-0.2, 0) is 0 Å². The number of fused-ring (bicyclic) bond motifs is 1. The van der Waals surface area contributed by atoms with Crippen LogP contribution in [0.2, 0.25) is 0 Å². The van der Waals surface area contributed by atoms with Gasteiger partial charge in [-0.05, 0) is 54.6 Å². The second-order valence-corrected chi connectivity index (χ2v) is 8.44. The summed E-state index contributed by atoms with van der Waals surface area (Å²) in [6, 6.07) is 22.5. The van der Waals surface area contributed by atoms with E-state index in [2.05, 4.69) is 4.90 Å². The van der Waals surface area contributed by atoms with Gasteiger partial charge in [-0.1, -0.05) is 18.2 Å². The van der Waals surface area contributed by atoms with Crippen molar-refractivity contribution in [1.29, 1.82) is 0 Å². The zero-order valence-corrected chi connectivity index (χ0v) is 19.8. The van der Waals surface area contributed by atoms with E-state index in [0.29, 0.717) is 40.9 Å². The number of methoxy groups -OCH3 is 2. The maximum atomic E-state index is 13.7. The van der Waals surface area contributed by atoms with Gasteiger partial charge in [-0.15, -0.1) is 0 Å². The van der Waals surface area contributed by atoms with E-state index < -0.39 is 0 Å². The summed E-state index contributed by atoms with van der Waals surface area (Å²) < 4.78 is 12.0. The minimum atomic E-state index is -0.161. The minimum absolute atomic E-state index is 0.0714. The number of carbonyl (C=O) groups excluding carboxylic acids is 1. The van der Waals surface area contributed by atoms with Gasteiger partial charge in [0, 0.05) is 54.5 Å². The molecule has 1 amide bonds.